The predicted molar refractivity (Wildman–Crippen MR) is 113 cm³/mol. The summed E-state index contributed by atoms with van der Waals surface area (Å²) in [6.45, 7) is 0.382. The van der Waals surface area contributed by atoms with E-state index in [0.29, 0.717) is 40.8 Å². The number of nitrogens with one attached hydrogen (secondary N) is 1. The van der Waals surface area contributed by atoms with Gasteiger partial charge in [-0.1, -0.05) is 12.1 Å². The van der Waals surface area contributed by atoms with Crippen LogP contribution in [0, 0.1) is 11.8 Å². The molecule has 2 aliphatic carbocycles. The Morgan fingerprint density at radius 3 is 2.67 bits per heavy atom. The summed E-state index contributed by atoms with van der Waals surface area (Å²) in [6, 6.07) is 8.23. The number of hydrogen-bond acceptors (Lipinski definition) is 5. The van der Waals surface area contributed by atoms with E-state index in [9.17, 15) is 23.1 Å². The third-order valence-electron chi connectivity index (χ3n) is 7.23. The molecule has 2 atom stereocenters. The van der Waals surface area contributed by atoms with Crippen molar-refractivity contribution in [2.45, 2.75) is 43.3 Å². The SMILES string of the molecule is COc1ccc(C2CC(CO)C2)cc1-c1ccc(C(F)(F)F)nc1CC1CC12COC(=O)N2. The number of cyclic esters (lactones) is 1. The zero-order valence-electron chi connectivity index (χ0n) is 18.1. The van der Waals surface area contributed by atoms with Gasteiger partial charge < -0.3 is 19.9 Å². The van der Waals surface area contributed by atoms with Crippen molar-refractivity contribution in [3.05, 3.63) is 47.3 Å². The van der Waals surface area contributed by atoms with Crippen LogP contribution in [-0.4, -0.2) is 42.0 Å². The van der Waals surface area contributed by atoms with Crippen molar-refractivity contribution in [3.63, 3.8) is 0 Å². The van der Waals surface area contributed by atoms with E-state index in [1.54, 1.807) is 0 Å². The number of amides is 1. The first-order valence-corrected chi connectivity index (χ1v) is 11.0. The van der Waals surface area contributed by atoms with Gasteiger partial charge in [0.25, 0.3) is 0 Å². The van der Waals surface area contributed by atoms with Crippen molar-refractivity contribution in [1.82, 2.24) is 10.3 Å². The van der Waals surface area contributed by atoms with Crippen LogP contribution in [0.5, 0.6) is 5.75 Å². The molecule has 1 amide bonds. The normalized spacial score (nSPS) is 28.3. The topological polar surface area (TPSA) is 80.7 Å². The summed E-state index contributed by atoms with van der Waals surface area (Å²) in [5, 5.41) is 12.1. The van der Waals surface area contributed by atoms with Gasteiger partial charge in [-0.25, -0.2) is 9.78 Å². The number of rotatable bonds is 6. The molecule has 0 radical (unpaired) electrons. The number of alkyl carbamates (subject to hydrolysis) is 1. The number of hydrogen-bond donors (Lipinski definition) is 2. The van der Waals surface area contributed by atoms with E-state index in [0.717, 1.165) is 24.5 Å². The van der Waals surface area contributed by atoms with Gasteiger partial charge in [0, 0.05) is 23.4 Å². The number of alkyl halides is 3. The van der Waals surface area contributed by atoms with Gasteiger partial charge in [0.05, 0.1) is 12.6 Å². The van der Waals surface area contributed by atoms with Gasteiger partial charge in [0.15, 0.2) is 0 Å². The molecule has 6 nitrogen and oxygen atoms in total. The molecule has 33 heavy (non-hydrogen) atoms. The van der Waals surface area contributed by atoms with Gasteiger partial charge in [-0.15, -0.1) is 0 Å². The number of halogens is 3. The third-order valence-corrected chi connectivity index (χ3v) is 7.23. The monoisotopic (exact) mass is 462 g/mol. The maximum atomic E-state index is 13.5. The molecule has 2 unspecified atom stereocenters. The van der Waals surface area contributed by atoms with E-state index in [1.165, 1.54) is 13.2 Å². The largest absolute Gasteiger partial charge is 0.496 e. The van der Waals surface area contributed by atoms with Crippen LogP contribution in [0.3, 0.4) is 0 Å². The number of carbonyl (C=O) groups is 1. The van der Waals surface area contributed by atoms with Crippen LogP contribution in [0.4, 0.5) is 18.0 Å². The number of aliphatic hydroxyl groups is 1. The first-order chi connectivity index (χ1) is 15.7. The van der Waals surface area contributed by atoms with Crippen molar-refractivity contribution < 1.29 is 32.5 Å². The summed E-state index contributed by atoms with van der Waals surface area (Å²) in [4.78, 5) is 15.5. The van der Waals surface area contributed by atoms with Crippen LogP contribution in [0.25, 0.3) is 11.1 Å². The van der Waals surface area contributed by atoms with Gasteiger partial charge >= 0.3 is 12.3 Å². The minimum atomic E-state index is -4.56. The van der Waals surface area contributed by atoms with Crippen LogP contribution < -0.4 is 10.1 Å². The predicted octanol–water partition coefficient (Wildman–Crippen LogP) is 4.30. The van der Waals surface area contributed by atoms with Crippen LogP contribution in [0.1, 0.15) is 42.1 Å². The average Bonchev–Trinajstić information content (AvgIpc) is 3.26. The fourth-order valence-electron chi connectivity index (χ4n) is 5.09. The molecule has 2 N–H and O–H groups in total. The minimum absolute atomic E-state index is 0.0511. The summed E-state index contributed by atoms with van der Waals surface area (Å²) >= 11 is 0. The Balaban J connectivity index is 1.51. The second kappa shape index (κ2) is 7.90. The van der Waals surface area contributed by atoms with E-state index in [2.05, 4.69) is 10.3 Å². The number of aliphatic hydroxyl groups excluding tert-OH is 1. The lowest BCUT2D eigenvalue weighted by Gasteiger charge is -2.34. The summed E-state index contributed by atoms with van der Waals surface area (Å²) < 4.78 is 50.9. The van der Waals surface area contributed by atoms with Crippen molar-refractivity contribution in [2.24, 2.45) is 11.8 Å². The second-order valence-electron chi connectivity index (χ2n) is 9.33. The molecule has 1 saturated heterocycles. The van der Waals surface area contributed by atoms with Gasteiger partial charge in [0.2, 0.25) is 0 Å². The van der Waals surface area contributed by atoms with Crippen LogP contribution in [0.15, 0.2) is 30.3 Å². The summed E-state index contributed by atoms with van der Waals surface area (Å²) in [5.41, 5.74) is 1.22. The molecule has 2 heterocycles. The van der Waals surface area contributed by atoms with E-state index in [1.807, 2.05) is 18.2 Å². The van der Waals surface area contributed by atoms with Crippen molar-refractivity contribution in [3.8, 4) is 16.9 Å². The van der Waals surface area contributed by atoms with Gasteiger partial charge in [0.1, 0.15) is 18.1 Å². The number of nitrogens with zero attached hydrogens (tertiary/aromatic N) is 1. The highest BCUT2D eigenvalue weighted by atomic mass is 19.4. The zero-order valence-corrected chi connectivity index (χ0v) is 18.1. The number of benzene rings is 1. The molecule has 3 fully saturated rings. The molecule has 1 spiro atoms. The minimum Gasteiger partial charge on any atom is -0.496 e. The smallest absolute Gasteiger partial charge is 0.433 e. The zero-order chi connectivity index (χ0) is 23.4. The summed E-state index contributed by atoms with van der Waals surface area (Å²) in [6.07, 6.45) is -2.37. The lowest BCUT2D eigenvalue weighted by atomic mass is 9.71. The van der Waals surface area contributed by atoms with E-state index in [4.69, 9.17) is 9.47 Å². The Bertz CT molecular complexity index is 1080. The highest BCUT2D eigenvalue weighted by Crippen LogP contribution is 2.50. The molecule has 176 valence electrons. The molecule has 2 saturated carbocycles. The summed E-state index contributed by atoms with van der Waals surface area (Å²) in [5.74, 6) is 1.10. The third kappa shape index (κ3) is 4.03. The Morgan fingerprint density at radius 2 is 2.03 bits per heavy atom. The lowest BCUT2D eigenvalue weighted by molar-refractivity contribution is -0.141. The van der Waals surface area contributed by atoms with Gasteiger partial charge in [-0.2, -0.15) is 13.2 Å². The fraction of sp³-hybridized carbons (Fsp3) is 0.500. The molecular formula is C24H25F3N2O4. The second-order valence-corrected chi connectivity index (χ2v) is 9.33. The highest BCUT2D eigenvalue weighted by molar-refractivity contribution is 5.74. The molecule has 5 rings (SSSR count). The Morgan fingerprint density at radius 1 is 1.24 bits per heavy atom. The number of aromatic nitrogens is 1. The van der Waals surface area contributed by atoms with Crippen LogP contribution in [0.2, 0.25) is 0 Å². The standard InChI is InChI=1S/C24H25F3N2O4/c1-32-20-4-2-14(15-6-13(7-15)11-30)8-18(20)17-3-5-21(24(25,26)27)28-19(17)9-16-10-23(16)12-33-22(31)29-23/h2-5,8,13,15-16,30H,6-7,9-12H2,1H3,(H,29,31). The van der Waals surface area contributed by atoms with Crippen molar-refractivity contribution in [2.75, 3.05) is 20.3 Å². The molecule has 2 aromatic rings. The molecule has 9 heteroatoms. The van der Waals surface area contributed by atoms with Gasteiger partial charge in [-0.05, 0) is 67.2 Å². The number of methoxy groups -OCH3 is 1. The number of carbonyl (C=O) groups excluding carboxylic acids is 1. The highest BCUT2D eigenvalue weighted by Gasteiger charge is 2.59. The van der Waals surface area contributed by atoms with Crippen molar-refractivity contribution in [1.29, 1.82) is 0 Å². The van der Waals surface area contributed by atoms with Crippen molar-refractivity contribution >= 4 is 6.09 Å². The fourth-order valence-corrected chi connectivity index (χ4v) is 5.09. The first kappa shape index (κ1) is 22.0. The molecule has 1 aromatic carbocycles. The Kier molecular flexibility index (Phi) is 5.27. The van der Waals surface area contributed by atoms with Crippen LogP contribution in [-0.2, 0) is 17.3 Å². The molecule has 1 aromatic heterocycles. The molecule has 1 aliphatic heterocycles. The van der Waals surface area contributed by atoms with Crippen LogP contribution >= 0.6 is 0 Å². The maximum absolute atomic E-state index is 13.5. The average molecular weight is 462 g/mol. The van der Waals surface area contributed by atoms with E-state index < -0.39 is 23.5 Å². The molecular weight excluding hydrogens is 437 g/mol. The quantitative estimate of drug-likeness (QED) is 0.669. The summed E-state index contributed by atoms with van der Waals surface area (Å²) in [7, 11) is 1.53. The van der Waals surface area contributed by atoms with E-state index >= 15 is 0 Å². The van der Waals surface area contributed by atoms with E-state index in [-0.39, 0.29) is 25.6 Å². The first-order valence-electron chi connectivity index (χ1n) is 11.0. The maximum Gasteiger partial charge on any atom is 0.433 e. The Hall–Kier alpha value is -2.81. The number of pyridine rings is 1. The van der Waals surface area contributed by atoms with Gasteiger partial charge in [-0.3, -0.25) is 0 Å². The molecule has 0 bridgehead atoms. The number of ether oxygens (including phenoxy) is 2. The lowest BCUT2D eigenvalue weighted by Crippen LogP contribution is -2.31. The molecule has 3 aliphatic rings. The Labute approximate surface area is 189 Å².